The Labute approximate surface area is 134 Å². The molecule has 0 spiro atoms. The van der Waals surface area contributed by atoms with Gasteiger partial charge in [0.1, 0.15) is 5.75 Å². The predicted molar refractivity (Wildman–Crippen MR) is 77.7 cm³/mol. The fourth-order valence-corrected chi connectivity index (χ4v) is 2.05. The Kier molecular flexibility index (Phi) is 4.40. The van der Waals surface area contributed by atoms with Gasteiger partial charge in [-0.15, -0.1) is 6.58 Å². The number of hydrogen-bond acceptors (Lipinski definition) is 7. The molecule has 0 saturated carbocycles. The van der Waals surface area contributed by atoms with E-state index in [1.165, 1.54) is 0 Å². The number of allylic oxidation sites excluding steroid dienone is 1. The lowest BCUT2D eigenvalue weighted by atomic mass is 9.81. The first-order chi connectivity index (χ1) is 11.3. The van der Waals surface area contributed by atoms with E-state index in [0.29, 0.717) is 0 Å². The molecule has 1 heterocycles. The highest BCUT2D eigenvalue weighted by Gasteiger charge is 2.57. The minimum atomic E-state index is -2.31. The lowest BCUT2D eigenvalue weighted by Gasteiger charge is -2.30. The van der Waals surface area contributed by atoms with Crippen LogP contribution in [0.5, 0.6) is 5.75 Å². The van der Waals surface area contributed by atoms with E-state index in [-0.39, 0.29) is 11.4 Å². The molecule has 1 aromatic carbocycles. The molecular formula is C14H11N3O7. The molecule has 1 aliphatic rings. The lowest BCUT2D eigenvalue weighted by molar-refractivity contribution is -0.384. The molecule has 0 aliphatic carbocycles. The van der Waals surface area contributed by atoms with Crippen molar-refractivity contribution in [3.63, 3.8) is 0 Å². The summed E-state index contributed by atoms with van der Waals surface area (Å²) in [6.45, 7) is 3.38. The summed E-state index contributed by atoms with van der Waals surface area (Å²) in [6.07, 6.45) is 0.760. The van der Waals surface area contributed by atoms with Gasteiger partial charge in [0, 0.05) is 12.1 Å². The van der Waals surface area contributed by atoms with E-state index in [1.54, 1.807) is 0 Å². The number of rotatable bonds is 5. The Hall–Kier alpha value is -3.56. The number of non-ortho nitro benzene ring substituents is 1. The molecule has 0 atom stereocenters. The number of nitrogens with one attached hydrogen (secondary N) is 2. The van der Waals surface area contributed by atoms with E-state index >= 15 is 0 Å². The molecule has 124 valence electrons. The lowest BCUT2D eigenvalue weighted by Crippen LogP contribution is -2.66. The second kappa shape index (κ2) is 6.28. The highest BCUT2D eigenvalue weighted by Crippen LogP contribution is 2.29. The molecule has 10 nitrogen and oxygen atoms in total. The van der Waals surface area contributed by atoms with Crippen molar-refractivity contribution in [3.05, 3.63) is 47.0 Å². The van der Waals surface area contributed by atoms with Crippen LogP contribution in [0.1, 0.15) is 6.42 Å². The van der Waals surface area contributed by atoms with Crippen LogP contribution < -0.4 is 15.4 Å². The standard InChI is InChI=1S/C14H11N3O7/c1-2-7-14(10(18)15-13(21)16-11(14)19)12(20)24-9-5-3-8(4-6-9)17(22)23/h2-6H,1,7H2,(H2,15,16,18,19,21). The number of barbiturate groups is 1. The average molecular weight is 333 g/mol. The third-order valence-corrected chi connectivity index (χ3v) is 3.29. The zero-order valence-electron chi connectivity index (χ0n) is 12.1. The van der Waals surface area contributed by atoms with E-state index in [4.69, 9.17) is 4.74 Å². The summed E-state index contributed by atoms with van der Waals surface area (Å²) >= 11 is 0. The van der Waals surface area contributed by atoms with Crippen molar-refractivity contribution in [3.8, 4) is 5.75 Å². The Morgan fingerprint density at radius 2 is 1.75 bits per heavy atom. The molecule has 24 heavy (non-hydrogen) atoms. The van der Waals surface area contributed by atoms with Crippen molar-refractivity contribution >= 4 is 29.5 Å². The van der Waals surface area contributed by atoms with Gasteiger partial charge in [0.25, 0.3) is 17.5 Å². The van der Waals surface area contributed by atoms with Crippen LogP contribution in [0.4, 0.5) is 10.5 Å². The van der Waals surface area contributed by atoms with Crippen LogP contribution in [0.25, 0.3) is 0 Å². The van der Waals surface area contributed by atoms with E-state index in [0.717, 1.165) is 30.3 Å². The highest BCUT2D eigenvalue weighted by atomic mass is 16.6. The summed E-state index contributed by atoms with van der Waals surface area (Å²) in [6, 6.07) is 3.41. The van der Waals surface area contributed by atoms with Crippen LogP contribution in [0, 0.1) is 15.5 Å². The number of esters is 1. The monoisotopic (exact) mass is 333 g/mol. The van der Waals surface area contributed by atoms with Gasteiger partial charge in [0.2, 0.25) is 5.41 Å². The first-order valence-electron chi connectivity index (χ1n) is 6.55. The highest BCUT2D eigenvalue weighted by molar-refractivity contribution is 6.29. The SMILES string of the molecule is C=CCC1(C(=O)Oc2ccc([N+](=O)[O-])cc2)C(=O)NC(=O)NC1=O. The van der Waals surface area contributed by atoms with Crippen molar-refractivity contribution in [2.45, 2.75) is 6.42 Å². The maximum absolute atomic E-state index is 12.4. The van der Waals surface area contributed by atoms with E-state index in [2.05, 4.69) is 6.58 Å². The van der Waals surface area contributed by atoms with Crippen LogP contribution >= 0.6 is 0 Å². The maximum atomic E-state index is 12.4. The van der Waals surface area contributed by atoms with Gasteiger partial charge in [-0.2, -0.15) is 0 Å². The number of nitro benzene ring substituents is 1. The molecule has 1 aliphatic heterocycles. The Morgan fingerprint density at radius 3 is 2.21 bits per heavy atom. The molecule has 4 amide bonds. The first kappa shape index (κ1) is 16.8. The van der Waals surface area contributed by atoms with Gasteiger partial charge in [-0.3, -0.25) is 30.3 Å². The molecule has 1 aromatic rings. The number of hydrogen-bond donors (Lipinski definition) is 2. The number of amides is 4. The number of nitrogens with zero attached hydrogens (tertiary/aromatic N) is 1. The van der Waals surface area contributed by atoms with Crippen molar-refractivity contribution < 1.29 is 28.8 Å². The van der Waals surface area contributed by atoms with Gasteiger partial charge in [-0.25, -0.2) is 9.59 Å². The molecule has 0 unspecified atom stereocenters. The first-order valence-corrected chi connectivity index (χ1v) is 6.55. The molecule has 0 radical (unpaired) electrons. The number of nitro groups is 1. The maximum Gasteiger partial charge on any atom is 0.337 e. The third kappa shape index (κ3) is 2.84. The Morgan fingerprint density at radius 1 is 1.21 bits per heavy atom. The van der Waals surface area contributed by atoms with Gasteiger partial charge in [-0.1, -0.05) is 6.08 Å². The number of carbonyl (C=O) groups excluding carboxylic acids is 4. The smallest absolute Gasteiger partial charge is 0.337 e. The second-order valence-corrected chi connectivity index (χ2v) is 4.78. The summed E-state index contributed by atoms with van der Waals surface area (Å²) in [4.78, 5) is 57.6. The van der Waals surface area contributed by atoms with Gasteiger partial charge in [0.05, 0.1) is 4.92 Å². The fourth-order valence-electron chi connectivity index (χ4n) is 2.05. The number of benzene rings is 1. The molecule has 10 heteroatoms. The fraction of sp³-hybridized carbons (Fsp3) is 0.143. The molecule has 1 saturated heterocycles. The average Bonchev–Trinajstić information content (AvgIpc) is 2.51. The summed E-state index contributed by atoms with van der Waals surface area (Å²) in [5.41, 5.74) is -2.54. The van der Waals surface area contributed by atoms with Crippen molar-refractivity contribution in [2.75, 3.05) is 0 Å². The molecule has 1 fully saturated rings. The summed E-state index contributed by atoms with van der Waals surface area (Å²) < 4.78 is 4.98. The molecule has 2 N–H and O–H groups in total. The van der Waals surface area contributed by atoms with E-state index in [1.807, 2.05) is 10.6 Å². The predicted octanol–water partition coefficient (Wildman–Crippen LogP) is 0.429. The summed E-state index contributed by atoms with van der Waals surface area (Å²) in [7, 11) is 0. The molecular weight excluding hydrogens is 322 g/mol. The second-order valence-electron chi connectivity index (χ2n) is 4.78. The quantitative estimate of drug-likeness (QED) is 0.198. The zero-order chi connectivity index (χ0) is 17.9. The normalized spacial score (nSPS) is 15.9. The van der Waals surface area contributed by atoms with E-state index < -0.39 is 40.6 Å². The number of carbonyl (C=O) groups is 4. The minimum absolute atomic E-state index is 0.105. The minimum Gasteiger partial charge on any atom is -0.425 e. The van der Waals surface area contributed by atoms with Crippen LogP contribution in [0.3, 0.4) is 0 Å². The number of urea groups is 1. The van der Waals surface area contributed by atoms with Gasteiger partial charge < -0.3 is 4.74 Å². The van der Waals surface area contributed by atoms with Crippen molar-refractivity contribution in [1.82, 2.24) is 10.6 Å². The van der Waals surface area contributed by atoms with Gasteiger partial charge >= 0.3 is 12.0 Å². The van der Waals surface area contributed by atoms with Gasteiger partial charge in [-0.05, 0) is 18.6 Å². The Bertz CT molecular complexity index is 734. The summed E-state index contributed by atoms with van der Waals surface area (Å²) in [5.74, 6) is -3.61. The van der Waals surface area contributed by atoms with Crippen LogP contribution in [0.2, 0.25) is 0 Å². The number of imide groups is 2. The third-order valence-electron chi connectivity index (χ3n) is 3.29. The van der Waals surface area contributed by atoms with Gasteiger partial charge in [0.15, 0.2) is 0 Å². The van der Waals surface area contributed by atoms with E-state index in [9.17, 15) is 29.3 Å². The van der Waals surface area contributed by atoms with Crippen LogP contribution in [-0.2, 0) is 14.4 Å². The molecule has 2 rings (SSSR count). The molecule has 0 aromatic heterocycles. The van der Waals surface area contributed by atoms with Crippen LogP contribution in [0.15, 0.2) is 36.9 Å². The zero-order valence-corrected chi connectivity index (χ0v) is 12.1. The Balaban J connectivity index is 2.31. The molecule has 0 bridgehead atoms. The van der Waals surface area contributed by atoms with Crippen LogP contribution in [-0.4, -0.2) is 28.7 Å². The van der Waals surface area contributed by atoms with Crippen molar-refractivity contribution in [1.29, 1.82) is 0 Å². The topological polar surface area (TPSA) is 145 Å². The summed E-state index contributed by atoms with van der Waals surface area (Å²) in [5, 5.41) is 14.2. The number of ether oxygens (including phenoxy) is 1. The van der Waals surface area contributed by atoms with Crippen molar-refractivity contribution in [2.24, 2.45) is 5.41 Å². The largest absolute Gasteiger partial charge is 0.425 e.